The van der Waals surface area contributed by atoms with Crippen LogP contribution in [0.2, 0.25) is 0 Å². The summed E-state index contributed by atoms with van der Waals surface area (Å²) in [5.74, 6) is 0.974. The molecule has 0 aromatic heterocycles. The molecule has 0 unspecified atom stereocenters. The highest BCUT2D eigenvalue weighted by molar-refractivity contribution is 7.80. The van der Waals surface area contributed by atoms with E-state index in [1.165, 1.54) is 32.1 Å². The summed E-state index contributed by atoms with van der Waals surface area (Å²) in [5.41, 5.74) is 6.66. The van der Waals surface area contributed by atoms with Gasteiger partial charge in [-0.15, -0.1) is 0 Å². The highest BCUT2D eigenvalue weighted by atomic mass is 32.1. The molecular weight excluding hydrogens is 434 g/mol. The molecule has 3 aliphatic rings. The molecule has 0 spiro atoms. The fourth-order valence-electron chi connectivity index (χ4n) is 5.86. The Labute approximate surface area is 202 Å². The van der Waals surface area contributed by atoms with E-state index in [2.05, 4.69) is 16.0 Å². The van der Waals surface area contributed by atoms with Crippen molar-refractivity contribution in [1.82, 2.24) is 15.5 Å². The van der Waals surface area contributed by atoms with Crippen LogP contribution in [-0.4, -0.2) is 47.0 Å². The third-order valence-electron chi connectivity index (χ3n) is 7.76. The number of benzene rings is 1. The Bertz CT molecular complexity index is 870. The van der Waals surface area contributed by atoms with Crippen molar-refractivity contribution < 1.29 is 9.59 Å². The van der Waals surface area contributed by atoms with Crippen LogP contribution in [0, 0.1) is 11.8 Å². The molecule has 1 aliphatic heterocycles. The maximum atomic E-state index is 13.6. The number of carbonyl (C=O) groups excluding carboxylic acids is 2. The molecule has 2 amide bonds. The number of carbonyl (C=O) groups is 2. The number of nitrogens with one attached hydrogen (secondary N) is 3. The van der Waals surface area contributed by atoms with Crippen molar-refractivity contribution in [2.75, 3.05) is 18.9 Å². The Morgan fingerprint density at radius 2 is 1.88 bits per heavy atom. The van der Waals surface area contributed by atoms with Gasteiger partial charge in [-0.25, -0.2) is 0 Å². The third-order valence-corrected chi connectivity index (χ3v) is 7.86. The molecule has 3 fully saturated rings. The highest BCUT2D eigenvalue weighted by Gasteiger charge is 2.66. The molecule has 0 bridgehead atoms. The van der Waals surface area contributed by atoms with E-state index in [-0.39, 0.29) is 28.9 Å². The molecule has 3 atom stereocenters. The van der Waals surface area contributed by atoms with E-state index in [1.807, 2.05) is 36.2 Å². The Balaban J connectivity index is 1.39. The van der Waals surface area contributed by atoms with Crippen LogP contribution < -0.4 is 21.7 Å². The largest absolute Gasteiger partial charge is 0.376 e. The lowest BCUT2D eigenvalue weighted by atomic mass is 9.84. The molecule has 7 nitrogen and oxygen atoms in total. The lowest BCUT2D eigenvalue weighted by molar-refractivity contribution is -0.146. The van der Waals surface area contributed by atoms with Crippen molar-refractivity contribution in [3.63, 3.8) is 0 Å². The van der Waals surface area contributed by atoms with E-state index >= 15 is 0 Å². The summed E-state index contributed by atoms with van der Waals surface area (Å²) in [4.78, 5) is 28.9. The topological polar surface area (TPSA) is 99.5 Å². The van der Waals surface area contributed by atoms with Gasteiger partial charge in [0.2, 0.25) is 11.8 Å². The second-order valence-corrected chi connectivity index (χ2v) is 10.3. The molecule has 33 heavy (non-hydrogen) atoms. The summed E-state index contributed by atoms with van der Waals surface area (Å²) in [6.45, 7) is 1.10. The number of nitrogens with two attached hydrogens (primary N) is 1. The van der Waals surface area contributed by atoms with Crippen LogP contribution >= 0.6 is 12.2 Å². The lowest BCUT2D eigenvalue weighted by Crippen LogP contribution is -2.59. The van der Waals surface area contributed by atoms with Gasteiger partial charge in [-0.2, -0.15) is 0 Å². The van der Waals surface area contributed by atoms with Crippen molar-refractivity contribution in [3.05, 3.63) is 29.8 Å². The number of fused-ring (bicyclic) bond motifs is 1. The molecular formula is C25H37N5O2S. The number of thiocarbonyl (C=S) groups is 1. The molecule has 1 aromatic carbocycles. The zero-order chi connectivity index (χ0) is 23.4. The molecule has 1 heterocycles. The number of rotatable bonds is 8. The maximum Gasteiger partial charge on any atom is 0.246 e. The van der Waals surface area contributed by atoms with Gasteiger partial charge in [-0.1, -0.05) is 44.2 Å². The first-order valence-corrected chi connectivity index (χ1v) is 12.8. The smallest absolute Gasteiger partial charge is 0.246 e. The minimum atomic E-state index is -0.662. The number of nitrogens with zero attached hydrogens (tertiary/aromatic N) is 1. The summed E-state index contributed by atoms with van der Waals surface area (Å²) < 4.78 is 0. The van der Waals surface area contributed by atoms with Gasteiger partial charge in [0, 0.05) is 18.8 Å². The number of piperidine rings is 1. The molecule has 4 rings (SSSR count). The molecule has 2 aliphatic carbocycles. The average Bonchev–Trinajstić information content (AvgIpc) is 3.58. The van der Waals surface area contributed by atoms with Gasteiger partial charge in [0.1, 0.15) is 5.54 Å². The average molecular weight is 472 g/mol. The number of hydrogen-bond donors (Lipinski definition) is 4. The Morgan fingerprint density at radius 1 is 1.15 bits per heavy atom. The quantitative estimate of drug-likeness (QED) is 0.435. The zero-order valence-electron chi connectivity index (χ0n) is 19.6. The summed E-state index contributed by atoms with van der Waals surface area (Å²) in [7, 11) is 1.88. The number of amides is 2. The van der Waals surface area contributed by atoms with Gasteiger partial charge in [0.25, 0.3) is 0 Å². The number of hydrogen-bond acceptors (Lipinski definition) is 4. The van der Waals surface area contributed by atoms with Gasteiger partial charge in [-0.05, 0) is 74.5 Å². The van der Waals surface area contributed by atoms with Crippen molar-refractivity contribution in [2.24, 2.45) is 17.6 Å². The maximum absolute atomic E-state index is 13.6. The van der Waals surface area contributed by atoms with Crippen LogP contribution in [0.15, 0.2) is 24.3 Å². The highest BCUT2D eigenvalue weighted by Crippen LogP contribution is 2.54. The van der Waals surface area contributed by atoms with Crippen LogP contribution in [0.1, 0.15) is 63.4 Å². The van der Waals surface area contributed by atoms with Crippen LogP contribution in [-0.2, 0) is 16.1 Å². The van der Waals surface area contributed by atoms with Crippen molar-refractivity contribution >= 4 is 34.8 Å². The number of likely N-dealkylation sites (tertiary alicyclic amines) is 1. The van der Waals surface area contributed by atoms with Crippen molar-refractivity contribution in [1.29, 1.82) is 0 Å². The van der Waals surface area contributed by atoms with Crippen LogP contribution in [0.25, 0.3) is 0 Å². The Hall–Kier alpha value is -2.19. The first-order chi connectivity index (χ1) is 15.9. The number of likely N-dealkylation sites (N-methyl/N-ethyl adjacent to an activating group) is 1. The Morgan fingerprint density at radius 3 is 2.55 bits per heavy atom. The zero-order valence-corrected chi connectivity index (χ0v) is 20.4. The molecule has 180 valence electrons. The second kappa shape index (κ2) is 10.4. The number of anilines is 1. The lowest BCUT2D eigenvalue weighted by Gasteiger charge is -2.38. The fraction of sp³-hybridized carbons (Fsp3) is 0.640. The predicted octanol–water partition coefficient (Wildman–Crippen LogP) is 2.90. The molecule has 2 saturated carbocycles. The third kappa shape index (κ3) is 5.32. The van der Waals surface area contributed by atoms with Gasteiger partial charge < -0.3 is 26.6 Å². The van der Waals surface area contributed by atoms with E-state index < -0.39 is 5.54 Å². The van der Waals surface area contributed by atoms with Crippen molar-refractivity contribution in [3.8, 4) is 0 Å². The summed E-state index contributed by atoms with van der Waals surface area (Å²) in [5, 5.41) is 9.50. The van der Waals surface area contributed by atoms with Crippen LogP contribution in [0.3, 0.4) is 0 Å². The molecule has 5 N–H and O–H groups in total. The van der Waals surface area contributed by atoms with E-state index in [1.54, 1.807) is 0 Å². The summed E-state index contributed by atoms with van der Waals surface area (Å²) in [6.07, 6.45) is 9.92. The van der Waals surface area contributed by atoms with E-state index in [0.717, 1.165) is 36.9 Å². The van der Waals surface area contributed by atoms with Crippen molar-refractivity contribution in [2.45, 2.75) is 75.9 Å². The molecule has 0 radical (unpaired) electrons. The van der Waals surface area contributed by atoms with Crippen LogP contribution in [0.5, 0.6) is 0 Å². The second-order valence-electron chi connectivity index (χ2n) is 9.91. The fourth-order valence-corrected chi connectivity index (χ4v) is 5.98. The summed E-state index contributed by atoms with van der Waals surface area (Å²) in [6, 6.07) is 7.45. The first-order valence-electron chi connectivity index (χ1n) is 12.4. The monoisotopic (exact) mass is 471 g/mol. The van der Waals surface area contributed by atoms with Gasteiger partial charge in [0.05, 0.1) is 6.04 Å². The summed E-state index contributed by atoms with van der Waals surface area (Å²) >= 11 is 4.86. The minimum absolute atomic E-state index is 0.0154. The van der Waals surface area contributed by atoms with E-state index in [4.69, 9.17) is 18.0 Å². The standard InChI is InChI=1S/C25H37N5O2S/c1-27-21(14-17-6-3-2-4-7-17)22(31)30-13-5-8-19-15-25(19,30)23(32)28-16-18-9-11-20(12-10-18)29-24(26)33/h9-12,17,19,21,27H,2-8,13-16H2,1H3,(H,28,32)(H3,26,29,33)/t19-,21-,25+/m1/s1. The molecule has 8 heteroatoms. The predicted molar refractivity (Wildman–Crippen MR) is 135 cm³/mol. The minimum Gasteiger partial charge on any atom is -0.376 e. The van der Waals surface area contributed by atoms with Crippen LogP contribution in [0.4, 0.5) is 5.69 Å². The first kappa shape index (κ1) is 24.0. The molecule has 1 aromatic rings. The Kier molecular flexibility index (Phi) is 7.54. The van der Waals surface area contributed by atoms with E-state index in [0.29, 0.717) is 19.0 Å². The van der Waals surface area contributed by atoms with Gasteiger partial charge in [-0.3, -0.25) is 9.59 Å². The molecule has 1 saturated heterocycles. The van der Waals surface area contributed by atoms with Gasteiger partial charge in [0.15, 0.2) is 5.11 Å². The van der Waals surface area contributed by atoms with Gasteiger partial charge >= 0.3 is 0 Å². The SMILES string of the molecule is CN[C@H](CC1CCCCC1)C(=O)N1CCC[C@@H]2C[C@@]21C(=O)NCc1ccc(NC(N)=S)cc1. The normalized spacial score (nSPS) is 25.6. The van der Waals surface area contributed by atoms with E-state index in [9.17, 15) is 9.59 Å².